The summed E-state index contributed by atoms with van der Waals surface area (Å²) in [5.41, 5.74) is 3.77. The van der Waals surface area contributed by atoms with Gasteiger partial charge < -0.3 is 15.3 Å². The lowest BCUT2D eigenvalue weighted by Gasteiger charge is -2.44. The van der Waals surface area contributed by atoms with Gasteiger partial charge in [-0.3, -0.25) is 0 Å². The second-order valence-corrected chi connectivity index (χ2v) is 10.9. The molecule has 0 radical (unpaired) electrons. The van der Waals surface area contributed by atoms with Crippen molar-refractivity contribution < 1.29 is 15.3 Å². The van der Waals surface area contributed by atoms with Crippen LogP contribution in [-0.2, 0) is 0 Å². The third-order valence-electron chi connectivity index (χ3n) is 8.66. The van der Waals surface area contributed by atoms with Crippen LogP contribution in [0, 0.1) is 29.1 Å². The van der Waals surface area contributed by atoms with Gasteiger partial charge in [0.15, 0.2) is 0 Å². The summed E-state index contributed by atoms with van der Waals surface area (Å²) in [6.07, 6.45) is 14.4. The van der Waals surface area contributed by atoms with Crippen LogP contribution in [0.4, 0.5) is 0 Å². The Balaban J connectivity index is 1.69. The minimum Gasteiger partial charge on any atom is -0.396 e. The highest BCUT2D eigenvalue weighted by Crippen LogP contribution is 2.59. The maximum absolute atomic E-state index is 10.1. The SMILES string of the molecule is C=C1/C(=C\C=C2/CCC[C@]3(C)[C@@H]([C@H](C)CCC[C@H](C)CO)CC[C@@H]23)C[C@@H](O)C[C@@H]1O. The summed E-state index contributed by atoms with van der Waals surface area (Å²) in [6, 6.07) is 0. The summed E-state index contributed by atoms with van der Waals surface area (Å²) in [5, 5.41) is 29.4. The van der Waals surface area contributed by atoms with Gasteiger partial charge in [0.1, 0.15) is 0 Å². The third-order valence-corrected chi connectivity index (χ3v) is 8.66. The maximum atomic E-state index is 10.1. The van der Waals surface area contributed by atoms with E-state index < -0.39 is 12.2 Å². The molecular weight excluding hydrogens is 372 g/mol. The molecule has 3 heteroatoms. The number of aliphatic hydroxyl groups excluding tert-OH is 3. The highest BCUT2D eigenvalue weighted by Gasteiger charge is 2.50. The number of aliphatic hydroxyl groups is 3. The second-order valence-electron chi connectivity index (χ2n) is 10.9. The fourth-order valence-electron chi connectivity index (χ4n) is 6.76. The van der Waals surface area contributed by atoms with Crippen LogP contribution in [0.25, 0.3) is 0 Å². The summed E-state index contributed by atoms with van der Waals surface area (Å²) < 4.78 is 0. The first-order valence-electron chi connectivity index (χ1n) is 12.3. The molecule has 3 fully saturated rings. The molecule has 0 bridgehead atoms. The summed E-state index contributed by atoms with van der Waals surface area (Å²) >= 11 is 0. The standard InChI is InChI=1S/C27H44O3/c1-18(17-28)7-5-8-19(2)24-12-13-25-21(9-6-14-27(24,25)4)10-11-22-15-23(29)16-26(30)20(22)3/h10-11,18-19,23-26,28-30H,3,5-9,12-17H2,1-2,4H3/b21-10+,22-11-/t18-,19+,23+,24+,25-,26-,27+/m0/s1. The molecule has 0 aliphatic heterocycles. The summed E-state index contributed by atoms with van der Waals surface area (Å²) in [6.45, 7) is 11.5. The third kappa shape index (κ3) is 5.11. The molecule has 0 unspecified atom stereocenters. The van der Waals surface area contributed by atoms with E-state index >= 15 is 0 Å². The van der Waals surface area contributed by atoms with E-state index in [0.717, 1.165) is 29.4 Å². The van der Waals surface area contributed by atoms with Crippen molar-refractivity contribution in [2.24, 2.45) is 29.1 Å². The zero-order valence-electron chi connectivity index (χ0n) is 19.4. The van der Waals surface area contributed by atoms with Crippen molar-refractivity contribution in [1.29, 1.82) is 0 Å². The molecule has 3 rings (SSSR count). The Kier molecular flexibility index (Phi) is 8.03. The first-order chi connectivity index (χ1) is 14.3. The van der Waals surface area contributed by atoms with Crippen LogP contribution in [-0.4, -0.2) is 34.1 Å². The van der Waals surface area contributed by atoms with Crippen LogP contribution in [0.3, 0.4) is 0 Å². The van der Waals surface area contributed by atoms with Crippen molar-refractivity contribution in [2.75, 3.05) is 6.61 Å². The van der Waals surface area contributed by atoms with Crippen LogP contribution < -0.4 is 0 Å². The van der Waals surface area contributed by atoms with Gasteiger partial charge in [-0.1, -0.05) is 57.9 Å². The number of hydrogen-bond donors (Lipinski definition) is 3. The predicted octanol–water partition coefficient (Wildman–Crippen LogP) is 5.56. The van der Waals surface area contributed by atoms with Gasteiger partial charge in [0, 0.05) is 13.0 Å². The van der Waals surface area contributed by atoms with Gasteiger partial charge in [-0.25, -0.2) is 0 Å². The molecule has 170 valence electrons. The molecule has 3 aliphatic carbocycles. The van der Waals surface area contributed by atoms with Gasteiger partial charge in [0.05, 0.1) is 12.2 Å². The first kappa shape index (κ1) is 23.8. The minimum atomic E-state index is -0.611. The summed E-state index contributed by atoms with van der Waals surface area (Å²) in [7, 11) is 0. The van der Waals surface area contributed by atoms with Gasteiger partial charge in [0.25, 0.3) is 0 Å². The van der Waals surface area contributed by atoms with Crippen LogP contribution in [0.5, 0.6) is 0 Å². The largest absolute Gasteiger partial charge is 0.396 e. The molecule has 0 aromatic rings. The van der Waals surface area contributed by atoms with E-state index in [2.05, 4.69) is 39.5 Å². The Bertz CT molecular complexity index is 663. The number of hydrogen-bond acceptors (Lipinski definition) is 3. The Labute approximate surface area is 184 Å². The lowest BCUT2D eigenvalue weighted by Crippen LogP contribution is -2.36. The number of allylic oxidation sites excluding steroid dienone is 3. The van der Waals surface area contributed by atoms with Crippen molar-refractivity contribution in [3.63, 3.8) is 0 Å². The molecule has 7 atom stereocenters. The zero-order valence-corrected chi connectivity index (χ0v) is 19.4. The molecule has 0 aromatic heterocycles. The molecule has 0 amide bonds. The highest BCUT2D eigenvalue weighted by atomic mass is 16.3. The van der Waals surface area contributed by atoms with Crippen molar-refractivity contribution in [2.45, 2.75) is 97.2 Å². The van der Waals surface area contributed by atoms with Crippen LogP contribution in [0.2, 0.25) is 0 Å². The van der Waals surface area contributed by atoms with Gasteiger partial charge in [0.2, 0.25) is 0 Å². The van der Waals surface area contributed by atoms with Crippen molar-refractivity contribution in [1.82, 2.24) is 0 Å². The van der Waals surface area contributed by atoms with E-state index in [0.29, 0.717) is 36.7 Å². The molecule has 0 aromatic carbocycles. The molecule has 3 N–H and O–H groups in total. The van der Waals surface area contributed by atoms with E-state index in [-0.39, 0.29) is 0 Å². The summed E-state index contributed by atoms with van der Waals surface area (Å²) in [4.78, 5) is 0. The van der Waals surface area contributed by atoms with E-state index in [4.69, 9.17) is 0 Å². The first-order valence-corrected chi connectivity index (χ1v) is 12.3. The minimum absolute atomic E-state index is 0.307. The molecule has 3 nitrogen and oxygen atoms in total. The zero-order chi connectivity index (χ0) is 21.9. The fraction of sp³-hybridized carbons (Fsp3) is 0.778. The van der Waals surface area contributed by atoms with Crippen LogP contribution >= 0.6 is 0 Å². The molecule has 30 heavy (non-hydrogen) atoms. The van der Waals surface area contributed by atoms with E-state index in [1.165, 1.54) is 44.9 Å². The van der Waals surface area contributed by atoms with E-state index in [1.54, 1.807) is 5.57 Å². The Morgan fingerprint density at radius 2 is 1.93 bits per heavy atom. The Hall–Kier alpha value is -0.900. The lowest BCUT2D eigenvalue weighted by atomic mass is 9.60. The number of rotatable bonds is 7. The lowest BCUT2D eigenvalue weighted by molar-refractivity contribution is 0.0861. The number of fused-ring (bicyclic) bond motifs is 1. The highest BCUT2D eigenvalue weighted by molar-refractivity contribution is 5.38. The van der Waals surface area contributed by atoms with E-state index in [9.17, 15) is 15.3 Å². The average Bonchev–Trinajstić information content (AvgIpc) is 3.06. The van der Waals surface area contributed by atoms with Gasteiger partial charge in [-0.2, -0.15) is 0 Å². The monoisotopic (exact) mass is 416 g/mol. The predicted molar refractivity (Wildman–Crippen MR) is 124 cm³/mol. The molecule has 3 aliphatic rings. The average molecular weight is 417 g/mol. The smallest absolute Gasteiger partial charge is 0.0811 e. The van der Waals surface area contributed by atoms with Crippen molar-refractivity contribution in [3.05, 3.63) is 35.5 Å². The molecule has 0 saturated heterocycles. The maximum Gasteiger partial charge on any atom is 0.0811 e. The molecule has 3 saturated carbocycles. The van der Waals surface area contributed by atoms with Gasteiger partial charge in [-0.05, 0) is 85.2 Å². The van der Waals surface area contributed by atoms with Crippen molar-refractivity contribution >= 4 is 0 Å². The van der Waals surface area contributed by atoms with Crippen LogP contribution in [0.1, 0.15) is 85.0 Å². The Morgan fingerprint density at radius 1 is 1.17 bits per heavy atom. The Morgan fingerprint density at radius 3 is 2.67 bits per heavy atom. The van der Waals surface area contributed by atoms with E-state index in [1.807, 2.05) is 0 Å². The topological polar surface area (TPSA) is 60.7 Å². The van der Waals surface area contributed by atoms with Crippen LogP contribution in [0.15, 0.2) is 35.5 Å². The fourth-order valence-corrected chi connectivity index (χ4v) is 6.76. The van der Waals surface area contributed by atoms with Gasteiger partial charge in [-0.15, -0.1) is 0 Å². The molecular formula is C27H44O3. The molecule has 0 spiro atoms. The molecule has 0 heterocycles. The normalized spacial score (nSPS) is 39.3. The van der Waals surface area contributed by atoms with Crippen molar-refractivity contribution in [3.8, 4) is 0 Å². The summed E-state index contributed by atoms with van der Waals surface area (Å²) in [5.74, 6) is 2.62. The quantitative estimate of drug-likeness (QED) is 0.509. The van der Waals surface area contributed by atoms with Gasteiger partial charge >= 0.3 is 0 Å². The second kappa shape index (κ2) is 10.1.